The van der Waals surface area contributed by atoms with Gasteiger partial charge in [0.2, 0.25) is 5.89 Å². The number of benzene rings is 2. The fraction of sp³-hybridized carbons (Fsp3) is 0.211. The Morgan fingerprint density at radius 3 is 2.31 bits per heavy atom. The molecular weight excluding hydrogens is 336 g/mol. The zero-order valence-electron chi connectivity index (χ0n) is 14.5. The van der Waals surface area contributed by atoms with Gasteiger partial charge < -0.3 is 18.6 Å². The van der Waals surface area contributed by atoms with Crippen molar-refractivity contribution >= 4 is 5.97 Å². The van der Waals surface area contributed by atoms with Crippen LogP contribution in [0.1, 0.15) is 11.5 Å². The van der Waals surface area contributed by atoms with Gasteiger partial charge in [0, 0.05) is 5.56 Å². The molecule has 1 heterocycles. The molecule has 0 aliphatic carbocycles. The highest BCUT2D eigenvalue weighted by atomic mass is 16.5. The highest BCUT2D eigenvalue weighted by Crippen LogP contribution is 2.22. The van der Waals surface area contributed by atoms with E-state index in [-0.39, 0.29) is 19.0 Å². The van der Waals surface area contributed by atoms with Crippen molar-refractivity contribution < 1.29 is 23.4 Å². The van der Waals surface area contributed by atoms with E-state index in [9.17, 15) is 4.79 Å². The van der Waals surface area contributed by atoms with Crippen molar-refractivity contribution in [3.05, 3.63) is 60.0 Å². The smallest absolute Gasteiger partial charge is 0.309 e. The molecule has 0 aliphatic rings. The third kappa shape index (κ3) is 4.38. The van der Waals surface area contributed by atoms with Crippen LogP contribution in [0.2, 0.25) is 0 Å². The van der Waals surface area contributed by atoms with Crippen molar-refractivity contribution in [2.75, 3.05) is 14.2 Å². The van der Waals surface area contributed by atoms with Crippen LogP contribution in [0.15, 0.2) is 52.9 Å². The Morgan fingerprint density at radius 1 is 0.962 bits per heavy atom. The molecule has 1 aromatic heterocycles. The van der Waals surface area contributed by atoms with Crippen molar-refractivity contribution in [2.45, 2.75) is 13.0 Å². The highest BCUT2D eigenvalue weighted by molar-refractivity contribution is 5.72. The SMILES string of the molecule is COC(=O)Cc1ccc(OCc2nnc(-c3ccc(OC)cc3)o2)cc1. The van der Waals surface area contributed by atoms with Crippen LogP contribution in [0.5, 0.6) is 11.5 Å². The fourth-order valence-corrected chi connectivity index (χ4v) is 2.25. The van der Waals surface area contributed by atoms with E-state index >= 15 is 0 Å². The maximum atomic E-state index is 11.2. The summed E-state index contributed by atoms with van der Waals surface area (Å²) < 4.78 is 21.0. The van der Waals surface area contributed by atoms with Gasteiger partial charge in [0.15, 0.2) is 6.61 Å². The van der Waals surface area contributed by atoms with Crippen LogP contribution in [0.25, 0.3) is 11.5 Å². The monoisotopic (exact) mass is 354 g/mol. The van der Waals surface area contributed by atoms with E-state index in [4.69, 9.17) is 13.9 Å². The Morgan fingerprint density at radius 2 is 1.65 bits per heavy atom. The summed E-state index contributed by atoms with van der Waals surface area (Å²) >= 11 is 0. The molecule has 0 radical (unpaired) electrons. The molecule has 7 nitrogen and oxygen atoms in total. The molecular formula is C19H18N2O5. The van der Waals surface area contributed by atoms with Crippen LogP contribution < -0.4 is 9.47 Å². The molecule has 0 aliphatic heterocycles. The Labute approximate surface area is 150 Å². The van der Waals surface area contributed by atoms with Gasteiger partial charge in [-0.1, -0.05) is 12.1 Å². The quantitative estimate of drug-likeness (QED) is 0.603. The van der Waals surface area contributed by atoms with E-state index in [1.54, 1.807) is 19.2 Å². The summed E-state index contributed by atoms with van der Waals surface area (Å²) in [5, 5.41) is 8.01. The normalized spacial score (nSPS) is 10.4. The van der Waals surface area contributed by atoms with Crippen molar-refractivity contribution in [1.82, 2.24) is 10.2 Å². The Balaban J connectivity index is 1.58. The second-order valence-corrected chi connectivity index (χ2v) is 5.41. The summed E-state index contributed by atoms with van der Waals surface area (Å²) in [5.41, 5.74) is 1.65. The zero-order chi connectivity index (χ0) is 18.4. The molecule has 0 bridgehead atoms. The minimum atomic E-state index is -0.282. The second kappa shape index (κ2) is 8.15. The fourth-order valence-electron chi connectivity index (χ4n) is 2.25. The maximum absolute atomic E-state index is 11.2. The number of rotatable bonds is 7. The van der Waals surface area contributed by atoms with Crippen molar-refractivity contribution in [1.29, 1.82) is 0 Å². The standard InChI is InChI=1S/C19H18N2O5/c1-23-15-9-5-14(6-10-15)19-21-20-17(26-19)12-25-16-7-3-13(4-8-16)11-18(22)24-2/h3-10H,11-12H2,1-2H3. The van der Waals surface area contributed by atoms with E-state index in [1.165, 1.54) is 7.11 Å². The molecule has 0 amide bonds. The number of aromatic nitrogens is 2. The van der Waals surface area contributed by atoms with Gasteiger partial charge in [0.05, 0.1) is 20.6 Å². The minimum absolute atomic E-state index is 0.152. The predicted molar refractivity (Wildman–Crippen MR) is 92.8 cm³/mol. The molecule has 0 saturated heterocycles. The molecule has 26 heavy (non-hydrogen) atoms. The molecule has 2 aromatic carbocycles. The van der Waals surface area contributed by atoms with Gasteiger partial charge in [-0.25, -0.2) is 0 Å². The lowest BCUT2D eigenvalue weighted by Crippen LogP contribution is -2.04. The summed E-state index contributed by atoms with van der Waals surface area (Å²) in [5.74, 6) is 1.90. The lowest BCUT2D eigenvalue weighted by Gasteiger charge is -2.04. The molecule has 0 saturated carbocycles. The lowest BCUT2D eigenvalue weighted by molar-refractivity contribution is -0.139. The van der Waals surface area contributed by atoms with Crippen LogP contribution in [0, 0.1) is 0 Å². The lowest BCUT2D eigenvalue weighted by atomic mass is 10.1. The number of hydrogen-bond donors (Lipinski definition) is 0. The first-order valence-corrected chi connectivity index (χ1v) is 7.93. The van der Waals surface area contributed by atoms with E-state index in [0.29, 0.717) is 17.5 Å². The topological polar surface area (TPSA) is 83.7 Å². The molecule has 0 fully saturated rings. The Bertz CT molecular complexity index is 856. The largest absolute Gasteiger partial charge is 0.497 e. The van der Waals surface area contributed by atoms with Gasteiger partial charge in [-0.2, -0.15) is 0 Å². The van der Waals surface area contributed by atoms with Gasteiger partial charge in [0.1, 0.15) is 11.5 Å². The summed E-state index contributed by atoms with van der Waals surface area (Å²) in [7, 11) is 2.98. The van der Waals surface area contributed by atoms with E-state index in [2.05, 4.69) is 14.9 Å². The van der Waals surface area contributed by atoms with E-state index in [1.807, 2.05) is 36.4 Å². The molecule has 3 rings (SSSR count). The summed E-state index contributed by atoms with van der Waals surface area (Å²) in [6.45, 7) is 0.152. The Hall–Kier alpha value is -3.35. The molecule has 134 valence electrons. The summed E-state index contributed by atoms with van der Waals surface area (Å²) in [4.78, 5) is 11.2. The maximum Gasteiger partial charge on any atom is 0.309 e. The molecule has 0 unspecified atom stereocenters. The van der Waals surface area contributed by atoms with Crippen LogP contribution in [0.3, 0.4) is 0 Å². The first-order valence-electron chi connectivity index (χ1n) is 7.93. The predicted octanol–water partition coefficient (Wildman–Crippen LogP) is 3.04. The van der Waals surface area contributed by atoms with Gasteiger partial charge >= 0.3 is 5.97 Å². The van der Waals surface area contributed by atoms with Crippen LogP contribution in [0.4, 0.5) is 0 Å². The molecule has 7 heteroatoms. The molecule has 0 N–H and O–H groups in total. The molecule has 3 aromatic rings. The number of esters is 1. The Kier molecular flexibility index (Phi) is 5.48. The van der Waals surface area contributed by atoms with E-state index in [0.717, 1.165) is 16.9 Å². The van der Waals surface area contributed by atoms with Gasteiger partial charge in [-0.15, -0.1) is 10.2 Å². The minimum Gasteiger partial charge on any atom is -0.497 e. The van der Waals surface area contributed by atoms with Gasteiger partial charge in [-0.3, -0.25) is 4.79 Å². The van der Waals surface area contributed by atoms with Crippen molar-refractivity contribution in [3.8, 4) is 23.0 Å². The van der Waals surface area contributed by atoms with Crippen molar-refractivity contribution in [3.63, 3.8) is 0 Å². The van der Waals surface area contributed by atoms with Crippen LogP contribution in [-0.4, -0.2) is 30.4 Å². The second-order valence-electron chi connectivity index (χ2n) is 5.41. The summed E-state index contributed by atoms with van der Waals surface area (Å²) in [6, 6.07) is 14.5. The average molecular weight is 354 g/mol. The number of ether oxygens (including phenoxy) is 3. The first-order chi connectivity index (χ1) is 12.7. The number of methoxy groups -OCH3 is 2. The van der Waals surface area contributed by atoms with Crippen LogP contribution in [-0.2, 0) is 22.6 Å². The average Bonchev–Trinajstić information content (AvgIpc) is 3.16. The first kappa shape index (κ1) is 17.5. The third-order valence-corrected chi connectivity index (χ3v) is 3.67. The number of carbonyl (C=O) groups is 1. The zero-order valence-corrected chi connectivity index (χ0v) is 14.5. The van der Waals surface area contributed by atoms with Gasteiger partial charge in [-0.05, 0) is 42.0 Å². The summed E-state index contributed by atoms with van der Waals surface area (Å²) in [6.07, 6.45) is 0.228. The highest BCUT2D eigenvalue weighted by Gasteiger charge is 2.10. The van der Waals surface area contributed by atoms with Gasteiger partial charge in [0.25, 0.3) is 5.89 Å². The third-order valence-electron chi connectivity index (χ3n) is 3.67. The molecule has 0 atom stereocenters. The number of hydrogen-bond acceptors (Lipinski definition) is 7. The van der Waals surface area contributed by atoms with E-state index < -0.39 is 0 Å². The van der Waals surface area contributed by atoms with Crippen LogP contribution >= 0.6 is 0 Å². The number of nitrogens with zero attached hydrogens (tertiary/aromatic N) is 2. The molecule has 0 spiro atoms. The number of carbonyl (C=O) groups excluding carboxylic acids is 1. The van der Waals surface area contributed by atoms with Crippen molar-refractivity contribution in [2.24, 2.45) is 0 Å².